The van der Waals surface area contributed by atoms with Gasteiger partial charge in [0.2, 0.25) is 0 Å². The second-order valence-electron chi connectivity index (χ2n) is 2.96. The van der Waals surface area contributed by atoms with Crippen LogP contribution in [0.5, 0.6) is 0 Å². The molecule has 1 aliphatic heterocycles. The van der Waals surface area contributed by atoms with Gasteiger partial charge in [0.25, 0.3) is 5.69 Å². The molecule has 0 N–H and O–H groups in total. The predicted molar refractivity (Wildman–Crippen MR) is 48.8 cm³/mol. The lowest BCUT2D eigenvalue weighted by Gasteiger charge is -1.91. The fraction of sp³-hybridized carbons (Fsp3) is 0.125. The average molecular weight is 203 g/mol. The molecule has 0 atom stereocenters. The molecule has 2 rings (SSSR count). The van der Waals surface area contributed by atoms with Crippen LogP contribution in [0.15, 0.2) is 22.1 Å². The summed E-state index contributed by atoms with van der Waals surface area (Å²) < 4.78 is 0. The number of nitrogens with zero attached hydrogens (tertiary/aromatic N) is 5. The Morgan fingerprint density at radius 2 is 2.20 bits per heavy atom. The Morgan fingerprint density at radius 3 is 2.80 bits per heavy atom. The number of hydrogen-bond donors (Lipinski definition) is 0. The van der Waals surface area contributed by atoms with E-state index in [0.29, 0.717) is 16.3 Å². The van der Waals surface area contributed by atoms with Gasteiger partial charge in [-0.05, 0) is 13.0 Å². The molecule has 0 saturated carbocycles. The van der Waals surface area contributed by atoms with Crippen LogP contribution in [0, 0.1) is 17.0 Å². The molecule has 7 heteroatoms. The summed E-state index contributed by atoms with van der Waals surface area (Å²) in [5, 5.41) is 11.5. The van der Waals surface area contributed by atoms with Crippen molar-refractivity contribution < 1.29 is 9.71 Å². The minimum atomic E-state index is -0.487. The molecule has 0 bridgehead atoms. The Morgan fingerprint density at radius 1 is 1.47 bits per heavy atom. The van der Waals surface area contributed by atoms with Gasteiger partial charge in [-0.3, -0.25) is 10.1 Å². The van der Waals surface area contributed by atoms with Crippen molar-refractivity contribution in [2.75, 3.05) is 0 Å². The number of nitro groups is 1. The molecule has 0 aliphatic carbocycles. The Hall–Kier alpha value is -2.40. The molecule has 0 spiro atoms. The number of hydrogen-bond acceptors (Lipinski definition) is 2. The molecule has 1 aromatic rings. The molecular weight excluding hydrogens is 198 g/mol. The van der Waals surface area contributed by atoms with Gasteiger partial charge < -0.3 is 10.3 Å². The van der Waals surface area contributed by atoms with Crippen LogP contribution in [0.3, 0.4) is 0 Å². The SMILES string of the molecule is Cc1c([N+](=O)[O-])ccc2c1=NC(=[N+]=[N-])N=2. The molecule has 0 amide bonds. The van der Waals surface area contributed by atoms with E-state index in [4.69, 9.17) is 5.53 Å². The minimum absolute atomic E-state index is 0.0214. The van der Waals surface area contributed by atoms with E-state index in [2.05, 4.69) is 14.8 Å². The van der Waals surface area contributed by atoms with E-state index < -0.39 is 4.92 Å². The Balaban J connectivity index is 2.86. The lowest BCUT2D eigenvalue weighted by Crippen LogP contribution is -2.25. The smallest absolute Gasteiger partial charge is 0.507 e. The number of guanidine groups is 1. The van der Waals surface area contributed by atoms with Crippen molar-refractivity contribution in [3.05, 3.63) is 44.1 Å². The highest BCUT2D eigenvalue weighted by Crippen LogP contribution is 2.11. The standard InChI is InChI=1S/C8H5N5O2/c1-4-6(13(14)15)3-2-5-7(4)11-8(10-5)12-9/h2-3H,1H3. The van der Waals surface area contributed by atoms with Gasteiger partial charge in [-0.2, -0.15) is 0 Å². The molecule has 0 unspecified atom stereocenters. The van der Waals surface area contributed by atoms with Gasteiger partial charge in [-0.25, -0.2) is 0 Å². The van der Waals surface area contributed by atoms with Crippen molar-refractivity contribution in [1.29, 1.82) is 0 Å². The average Bonchev–Trinajstić information content (AvgIpc) is 2.61. The number of nitro benzene ring substituents is 1. The van der Waals surface area contributed by atoms with Crippen LogP contribution in [0.4, 0.5) is 5.69 Å². The molecule has 1 aromatic carbocycles. The third-order valence-corrected chi connectivity index (χ3v) is 2.10. The van der Waals surface area contributed by atoms with Crippen LogP contribution in [-0.2, 0) is 0 Å². The van der Waals surface area contributed by atoms with Gasteiger partial charge in [-0.1, -0.05) is 9.98 Å². The highest BCUT2D eigenvalue weighted by Gasteiger charge is 2.21. The summed E-state index contributed by atoms with van der Waals surface area (Å²) in [6.07, 6.45) is 0. The maximum Gasteiger partial charge on any atom is 0.507 e. The second-order valence-corrected chi connectivity index (χ2v) is 2.96. The zero-order valence-corrected chi connectivity index (χ0v) is 7.71. The fourth-order valence-electron chi connectivity index (χ4n) is 1.38. The molecule has 15 heavy (non-hydrogen) atoms. The van der Waals surface area contributed by atoms with Crippen molar-refractivity contribution in [1.82, 2.24) is 0 Å². The zero-order valence-electron chi connectivity index (χ0n) is 7.71. The fourth-order valence-corrected chi connectivity index (χ4v) is 1.38. The lowest BCUT2D eigenvalue weighted by molar-refractivity contribution is -0.385. The summed E-state index contributed by atoms with van der Waals surface area (Å²) in [4.78, 5) is 20.7. The van der Waals surface area contributed by atoms with Gasteiger partial charge in [0.15, 0.2) is 10.7 Å². The highest BCUT2D eigenvalue weighted by molar-refractivity contribution is 5.77. The third kappa shape index (κ3) is 1.31. The first-order valence-electron chi connectivity index (χ1n) is 4.07. The molecule has 1 heterocycles. The molecule has 0 saturated heterocycles. The molecule has 7 nitrogen and oxygen atoms in total. The van der Waals surface area contributed by atoms with Crippen molar-refractivity contribution in [2.45, 2.75) is 6.92 Å². The molecule has 74 valence electrons. The Kier molecular flexibility index (Phi) is 1.88. The van der Waals surface area contributed by atoms with Crippen molar-refractivity contribution in [3.8, 4) is 0 Å². The van der Waals surface area contributed by atoms with E-state index in [0.717, 1.165) is 0 Å². The zero-order chi connectivity index (χ0) is 11.0. The van der Waals surface area contributed by atoms with E-state index in [9.17, 15) is 10.1 Å². The first-order chi connectivity index (χ1) is 7.13. The summed E-state index contributed by atoms with van der Waals surface area (Å²) in [7, 11) is 0. The van der Waals surface area contributed by atoms with E-state index in [1.165, 1.54) is 12.1 Å². The maximum atomic E-state index is 10.6. The first-order valence-corrected chi connectivity index (χ1v) is 4.07. The number of fused-ring (bicyclic) bond motifs is 1. The van der Waals surface area contributed by atoms with Gasteiger partial charge in [-0.15, -0.1) is 0 Å². The lowest BCUT2D eigenvalue weighted by atomic mass is 10.2. The highest BCUT2D eigenvalue weighted by atomic mass is 16.6. The van der Waals surface area contributed by atoms with Crippen LogP contribution in [0.25, 0.3) is 5.53 Å². The Labute approximate surface area is 83.2 Å². The van der Waals surface area contributed by atoms with Crippen LogP contribution in [0.2, 0.25) is 0 Å². The van der Waals surface area contributed by atoms with Crippen LogP contribution in [0.1, 0.15) is 5.56 Å². The van der Waals surface area contributed by atoms with E-state index in [1.54, 1.807) is 6.92 Å². The first kappa shape index (κ1) is 9.17. The van der Waals surface area contributed by atoms with E-state index in [1.807, 2.05) is 0 Å². The maximum absolute atomic E-state index is 10.6. The topological polar surface area (TPSA) is 104 Å². The molecular formula is C8H5N5O2. The van der Waals surface area contributed by atoms with Crippen LogP contribution < -0.4 is 10.7 Å². The predicted octanol–water partition coefficient (Wildman–Crippen LogP) is -0.258. The number of benzene rings is 1. The summed E-state index contributed by atoms with van der Waals surface area (Å²) >= 11 is 0. The summed E-state index contributed by atoms with van der Waals surface area (Å²) in [5.74, 6) is -0.0893. The summed E-state index contributed by atoms with van der Waals surface area (Å²) in [5.41, 5.74) is 8.87. The normalized spacial score (nSPS) is 12.5. The third-order valence-electron chi connectivity index (χ3n) is 2.10. The van der Waals surface area contributed by atoms with Crippen LogP contribution >= 0.6 is 0 Å². The van der Waals surface area contributed by atoms with Crippen molar-refractivity contribution in [3.63, 3.8) is 0 Å². The molecule has 0 radical (unpaired) electrons. The van der Waals surface area contributed by atoms with E-state index >= 15 is 0 Å². The molecule has 0 fully saturated rings. The molecule has 0 aromatic heterocycles. The quantitative estimate of drug-likeness (QED) is 0.271. The number of rotatable bonds is 1. The summed E-state index contributed by atoms with van der Waals surface area (Å²) in [6.45, 7) is 1.58. The minimum Gasteiger partial charge on any atom is -0.542 e. The summed E-state index contributed by atoms with van der Waals surface area (Å²) in [6, 6.07) is 2.83. The molecule has 1 aliphatic rings. The Bertz CT molecular complexity index is 627. The van der Waals surface area contributed by atoms with Gasteiger partial charge in [0.1, 0.15) is 0 Å². The van der Waals surface area contributed by atoms with Crippen molar-refractivity contribution in [2.24, 2.45) is 9.98 Å². The second kappa shape index (κ2) is 3.07. The van der Waals surface area contributed by atoms with Gasteiger partial charge in [0.05, 0.1) is 10.5 Å². The van der Waals surface area contributed by atoms with Gasteiger partial charge >= 0.3 is 5.96 Å². The monoisotopic (exact) mass is 203 g/mol. The van der Waals surface area contributed by atoms with Gasteiger partial charge in [0, 0.05) is 6.07 Å². The van der Waals surface area contributed by atoms with Crippen molar-refractivity contribution >= 4 is 11.6 Å². The van der Waals surface area contributed by atoms with E-state index in [-0.39, 0.29) is 11.6 Å². The largest absolute Gasteiger partial charge is 0.542 e. The van der Waals surface area contributed by atoms with Crippen LogP contribution in [-0.4, -0.2) is 15.7 Å².